The number of H-pyrrole nitrogens is 1. The maximum atomic E-state index is 13.1. The fraction of sp³-hybridized carbons (Fsp3) is 0.261. The predicted octanol–water partition coefficient (Wildman–Crippen LogP) is 1.13. The molecule has 6 N–H and O–H groups in total. The minimum Gasteiger partial charge on any atom is -0.361 e. The number of hydroxylamine groups is 1. The Morgan fingerprint density at radius 3 is 2.45 bits per heavy atom. The number of hydrogen-bond acceptors (Lipinski definition) is 5. The third-order valence-corrected chi connectivity index (χ3v) is 5.27. The van der Waals surface area contributed by atoms with Gasteiger partial charge in [0.2, 0.25) is 17.7 Å². The molecule has 0 aliphatic heterocycles. The van der Waals surface area contributed by atoms with Crippen molar-refractivity contribution in [2.45, 2.75) is 31.5 Å². The lowest BCUT2D eigenvalue weighted by molar-refractivity contribution is -0.134. The summed E-state index contributed by atoms with van der Waals surface area (Å²) in [5, 5.41) is 18.0. The highest BCUT2D eigenvalue weighted by molar-refractivity contribution is 5.93. The van der Waals surface area contributed by atoms with Gasteiger partial charge in [-0.3, -0.25) is 19.6 Å². The van der Waals surface area contributed by atoms with Gasteiger partial charge in [-0.05, 0) is 29.3 Å². The van der Waals surface area contributed by atoms with Crippen molar-refractivity contribution in [2.24, 2.45) is 0 Å². The standard InChI is InChI=1S/C23H26FN5O4/c1-25-22(31)20(10-15-13-27-18-5-3-2-4-17(15)18)28-23(32)19(11-21(30)29-33)26-12-14-6-8-16(24)9-7-14/h2-9,13,19-20,26-27,33H,10-12H2,1H3,(H,25,31)(H,28,32)(H,29,30)/t19-,20?/m1/s1/i24-1. The van der Waals surface area contributed by atoms with Crippen LogP contribution in [-0.2, 0) is 27.3 Å². The minimum atomic E-state index is -1.04. The minimum absolute atomic E-state index is 0.171. The van der Waals surface area contributed by atoms with Crippen LogP contribution in [0.15, 0.2) is 54.7 Å². The van der Waals surface area contributed by atoms with Gasteiger partial charge in [0, 0.05) is 37.1 Å². The molecule has 0 aliphatic rings. The highest BCUT2D eigenvalue weighted by atomic mass is 18.2. The molecule has 0 saturated carbocycles. The first-order valence-electron chi connectivity index (χ1n) is 10.4. The van der Waals surface area contributed by atoms with Crippen LogP contribution in [0, 0.1) is 5.82 Å². The number of benzene rings is 2. The molecule has 2 aromatic carbocycles. The van der Waals surface area contributed by atoms with Crippen LogP contribution in [0.4, 0.5) is 4.39 Å². The van der Waals surface area contributed by atoms with Crippen molar-refractivity contribution in [3.63, 3.8) is 0 Å². The Morgan fingerprint density at radius 1 is 1.03 bits per heavy atom. The van der Waals surface area contributed by atoms with E-state index in [0.717, 1.165) is 16.5 Å². The van der Waals surface area contributed by atoms with E-state index < -0.39 is 35.6 Å². The number of carbonyl (C=O) groups excluding carboxylic acids is 3. The van der Waals surface area contributed by atoms with Crippen LogP contribution in [0.25, 0.3) is 10.9 Å². The Bertz CT molecular complexity index is 1120. The Hall–Kier alpha value is -3.76. The van der Waals surface area contributed by atoms with Crippen molar-refractivity contribution in [1.29, 1.82) is 0 Å². The first-order chi connectivity index (χ1) is 15.9. The summed E-state index contributed by atoms with van der Waals surface area (Å²) in [6, 6.07) is 11.3. The van der Waals surface area contributed by atoms with Crippen molar-refractivity contribution in [2.75, 3.05) is 7.05 Å². The molecule has 0 fully saturated rings. The summed E-state index contributed by atoms with van der Waals surface area (Å²) in [6.45, 7) is 0.171. The molecule has 2 atom stereocenters. The molecule has 33 heavy (non-hydrogen) atoms. The molecule has 1 aromatic heterocycles. The van der Waals surface area contributed by atoms with Crippen LogP contribution in [0.1, 0.15) is 17.5 Å². The number of aromatic amines is 1. The summed E-state index contributed by atoms with van der Waals surface area (Å²) in [5.41, 5.74) is 3.96. The SMILES string of the molecule is CNC(=O)C(Cc1c[nH]c2ccccc12)NC(=O)[C@@H](CC(=O)NO)NCc1ccc([18F])cc1. The topological polar surface area (TPSA) is 135 Å². The lowest BCUT2D eigenvalue weighted by Crippen LogP contribution is -2.54. The number of fused-ring (bicyclic) bond motifs is 1. The lowest BCUT2D eigenvalue weighted by Gasteiger charge is -2.22. The number of likely N-dealkylation sites (N-methyl/N-ethyl adjacent to an activating group) is 1. The normalized spacial score (nSPS) is 12.7. The fourth-order valence-electron chi connectivity index (χ4n) is 3.51. The van der Waals surface area contributed by atoms with E-state index in [9.17, 15) is 18.8 Å². The summed E-state index contributed by atoms with van der Waals surface area (Å²) in [5.74, 6) is -2.14. The number of para-hydroxylation sites is 1. The maximum Gasteiger partial charge on any atom is 0.245 e. The monoisotopic (exact) mass is 454 g/mol. The Morgan fingerprint density at radius 2 is 1.76 bits per heavy atom. The van der Waals surface area contributed by atoms with Crippen LogP contribution in [0.3, 0.4) is 0 Å². The van der Waals surface area contributed by atoms with Gasteiger partial charge in [-0.2, -0.15) is 0 Å². The largest absolute Gasteiger partial charge is 0.361 e. The van der Waals surface area contributed by atoms with Gasteiger partial charge < -0.3 is 20.9 Å². The second-order valence-electron chi connectivity index (χ2n) is 7.54. The van der Waals surface area contributed by atoms with Crippen molar-refractivity contribution in [3.8, 4) is 0 Å². The molecule has 0 radical (unpaired) electrons. The summed E-state index contributed by atoms with van der Waals surface area (Å²) in [7, 11) is 1.47. The van der Waals surface area contributed by atoms with Gasteiger partial charge in [0.1, 0.15) is 11.9 Å². The van der Waals surface area contributed by atoms with E-state index in [-0.39, 0.29) is 19.4 Å². The van der Waals surface area contributed by atoms with Crippen molar-refractivity contribution in [3.05, 3.63) is 71.7 Å². The van der Waals surface area contributed by atoms with E-state index in [0.29, 0.717) is 5.56 Å². The average Bonchev–Trinajstić information content (AvgIpc) is 3.24. The quantitative estimate of drug-likeness (QED) is 0.202. The van der Waals surface area contributed by atoms with E-state index in [4.69, 9.17) is 5.21 Å². The number of halogens is 1. The molecule has 0 bridgehead atoms. The number of hydrogen-bond donors (Lipinski definition) is 6. The van der Waals surface area contributed by atoms with Gasteiger partial charge in [0.25, 0.3) is 0 Å². The van der Waals surface area contributed by atoms with Gasteiger partial charge >= 0.3 is 0 Å². The molecule has 0 spiro atoms. The van der Waals surface area contributed by atoms with Crippen LogP contribution in [-0.4, -0.2) is 47.0 Å². The second kappa shape index (κ2) is 11.2. The third-order valence-electron chi connectivity index (χ3n) is 5.27. The Labute approximate surface area is 189 Å². The summed E-state index contributed by atoms with van der Waals surface area (Å²) in [4.78, 5) is 40.4. The van der Waals surface area contributed by atoms with Gasteiger partial charge in [0.05, 0.1) is 12.5 Å². The first-order valence-corrected chi connectivity index (χ1v) is 10.4. The van der Waals surface area contributed by atoms with Crippen molar-refractivity contribution < 1.29 is 24.0 Å². The molecule has 0 saturated heterocycles. The molecule has 9 nitrogen and oxygen atoms in total. The van der Waals surface area contributed by atoms with E-state index in [1.54, 1.807) is 18.3 Å². The lowest BCUT2D eigenvalue weighted by atomic mass is 10.0. The van der Waals surface area contributed by atoms with Crippen LogP contribution >= 0.6 is 0 Å². The molecule has 174 valence electrons. The Balaban J connectivity index is 1.74. The molecule has 3 rings (SSSR count). The molecule has 1 unspecified atom stereocenters. The first kappa shape index (κ1) is 23.9. The van der Waals surface area contributed by atoms with Gasteiger partial charge in [-0.25, -0.2) is 9.87 Å². The average molecular weight is 454 g/mol. The summed E-state index contributed by atoms with van der Waals surface area (Å²) >= 11 is 0. The summed E-state index contributed by atoms with van der Waals surface area (Å²) < 4.78 is 13.1. The highest BCUT2D eigenvalue weighted by Crippen LogP contribution is 2.19. The van der Waals surface area contributed by atoms with E-state index in [1.165, 1.54) is 24.7 Å². The van der Waals surface area contributed by atoms with Crippen molar-refractivity contribution in [1.82, 2.24) is 26.4 Å². The van der Waals surface area contributed by atoms with Crippen molar-refractivity contribution >= 4 is 28.6 Å². The zero-order chi connectivity index (χ0) is 23.8. The van der Waals surface area contributed by atoms with Gasteiger partial charge in [0.15, 0.2) is 0 Å². The van der Waals surface area contributed by atoms with Gasteiger partial charge in [-0.1, -0.05) is 30.3 Å². The predicted molar refractivity (Wildman–Crippen MR) is 120 cm³/mol. The summed E-state index contributed by atoms with van der Waals surface area (Å²) in [6.07, 6.45) is 1.65. The smallest absolute Gasteiger partial charge is 0.245 e. The molecule has 3 aromatic rings. The van der Waals surface area contributed by atoms with E-state index in [2.05, 4.69) is 20.9 Å². The molecular formula is C23H26FN5O4. The Kier molecular flexibility index (Phi) is 8.11. The highest BCUT2D eigenvalue weighted by Gasteiger charge is 2.27. The van der Waals surface area contributed by atoms with Crippen LogP contribution in [0.2, 0.25) is 0 Å². The number of amides is 3. The van der Waals surface area contributed by atoms with E-state index in [1.807, 2.05) is 24.3 Å². The maximum absolute atomic E-state index is 13.1. The van der Waals surface area contributed by atoms with Crippen LogP contribution < -0.4 is 21.4 Å². The number of nitrogens with one attached hydrogen (secondary N) is 5. The van der Waals surface area contributed by atoms with Gasteiger partial charge in [-0.15, -0.1) is 0 Å². The number of aromatic nitrogens is 1. The van der Waals surface area contributed by atoms with E-state index >= 15 is 0 Å². The molecular weight excluding hydrogens is 428 g/mol. The molecule has 1 heterocycles. The zero-order valence-electron chi connectivity index (χ0n) is 18.0. The van der Waals surface area contributed by atoms with Crippen LogP contribution in [0.5, 0.6) is 0 Å². The number of carbonyl (C=O) groups is 3. The molecule has 10 heteroatoms. The molecule has 3 amide bonds. The second-order valence-corrected chi connectivity index (χ2v) is 7.54. The number of rotatable bonds is 10. The zero-order valence-corrected chi connectivity index (χ0v) is 18.0. The fourth-order valence-corrected chi connectivity index (χ4v) is 3.51. The molecule has 0 aliphatic carbocycles. The third kappa shape index (κ3) is 6.37.